The number of nitrogens with one attached hydrogen (secondary N) is 1. The number of rotatable bonds is 7. The highest BCUT2D eigenvalue weighted by molar-refractivity contribution is 7.16. The van der Waals surface area contributed by atoms with Crippen molar-refractivity contribution in [3.05, 3.63) is 21.3 Å². The van der Waals surface area contributed by atoms with E-state index in [1.807, 2.05) is 19.1 Å². The molecule has 0 aliphatic heterocycles. The van der Waals surface area contributed by atoms with E-state index < -0.39 is 0 Å². The molecular weight excluding hydrogens is 256 g/mol. The van der Waals surface area contributed by atoms with Gasteiger partial charge >= 0.3 is 0 Å². The molecule has 96 valence electrons. The van der Waals surface area contributed by atoms with E-state index >= 15 is 0 Å². The molecule has 0 aromatic carbocycles. The first-order valence-corrected chi connectivity index (χ1v) is 7.05. The number of amides is 1. The summed E-state index contributed by atoms with van der Waals surface area (Å²) in [6.45, 7) is 3.25. The van der Waals surface area contributed by atoms with E-state index in [4.69, 9.17) is 17.3 Å². The molecule has 1 heterocycles. The summed E-state index contributed by atoms with van der Waals surface area (Å²) in [7, 11) is 0. The zero-order valence-corrected chi connectivity index (χ0v) is 11.6. The van der Waals surface area contributed by atoms with Crippen molar-refractivity contribution < 1.29 is 4.79 Å². The maximum absolute atomic E-state index is 11.7. The van der Waals surface area contributed by atoms with Gasteiger partial charge in [0, 0.05) is 17.3 Å². The van der Waals surface area contributed by atoms with Crippen molar-refractivity contribution in [2.24, 2.45) is 11.7 Å². The van der Waals surface area contributed by atoms with E-state index in [2.05, 4.69) is 5.32 Å². The molecule has 0 radical (unpaired) electrons. The lowest BCUT2D eigenvalue weighted by atomic mass is 10.1. The van der Waals surface area contributed by atoms with Gasteiger partial charge in [-0.1, -0.05) is 18.5 Å². The van der Waals surface area contributed by atoms with Gasteiger partial charge in [-0.25, -0.2) is 0 Å². The lowest BCUT2D eigenvalue weighted by Gasteiger charge is -2.10. The minimum absolute atomic E-state index is 0.0467. The minimum Gasteiger partial charge on any atom is -0.356 e. The van der Waals surface area contributed by atoms with E-state index in [1.165, 1.54) is 4.88 Å². The topological polar surface area (TPSA) is 55.1 Å². The van der Waals surface area contributed by atoms with Crippen molar-refractivity contribution in [3.8, 4) is 0 Å². The molecule has 0 bridgehead atoms. The van der Waals surface area contributed by atoms with Crippen LogP contribution in [-0.2, 0) is 11.2 Å². The Hall–Kier alpha value is -0.580. The maximum atomic E-state index is 11.7. The fourth-order valence-corrected chi connectivity index (χ4v) is 2.61. The van der Waals surface area contributed by atoms with Crippen molar-refractivity contribution in [2.45, 2.75) is 26.2 Å². The Balaban J connectivity index is 2.19. The SMILES string of the molecule is CC(CCCN)C(=O)NCCc1ccc(Cl)s1. The molecule has 0 aliphatic carbocycles. The second kappa shape index (κ2) is 7.69. The summed E-state index contributed by atoms with van der Waals surface area (Å²) in [5.74, 6) is 0.159. The molecule has 1 rings (SSSR count). The molecule has 1 amide bonds. The Kier molecular flexibility index (Phi) is 6.55. The molecule has 1 aromatic heterocycles. The van der Waals surface area contributed by atoms with Crippen LogP contribution in [0.3, 0.4) is 0 Å². The average Bonchev–Trinajstić information content (AvgIpc) is 2.71. The van der Waals surface area contributed by atoms with Crippen molar-refractivity contribution in [1.82, 2.24) is 5.32 Å². The van der Waals surface area contributed by atoms with Gasteiger partial charge in [-0.2, -0.15) is 0 Å². The molecule has 0 saturated heterocycles. The number of nitrogens with two attached hydrogens (primary N) is 1. The van der Waals surface area contributed by atoms with E-state index in [-0.39, 0.29) is 11.8 Å². The lowest BCUT2D eigenvalue weighted by molar-refractivity contribution is -0.124. The van der Waals surface area contributed by atoms with E-state index in [0.717, 1.165) is 23.6 Å². The third-order valence-electron chi connectivity index (χ3n) is 2.59. The molecule has 0 aliphatic rings. The summed E-state index contributed by atoms with van der Waals surface area (Å²) in [6.07, 6.45) is 2.59. The number of hydrogen-bond donors (Lipinski definition) is 2. The van der Waals surface area contributed by atoms with Crippen LogP contribution < -0.4 is 11.1 Å². The van der Waals surface area contributed by atoms with Crippen molar-refractivity contribution in [2.75, 3.05) is 13.1 Å². The summed E-state index contributed by atoms with van der Waals surface area (Å²) in [4.78, 5) is 12.9. The molecule has 1 unspecified atom stereocenters. The fraction of sp³-hybridized carbons (Fsp3) is 0.583. The van der Waals surface area contributed by atoms with Crippen LogP contribution in [0.4, 0.5) is 0 Å². The van der Waals surface area contributed by atoms with Crippen LogP contribution in [0.2, 0.25) is 4.34 Å². The Labute approximate surface area is 111 Å². The first-order valence-electron chi connectivity index (χ1n) is 5.85. The van der Waals surface area contributed by atoms with Gasteiger partial charge in [-0.3, -0.25) is 4.79 Å². The van der Waals surface area contributed by atoms with E-state index in [0.29, 0.717) is 13.1 Å². The van der Waals surface area contributed by atoms with E-state index in [1.54, 1.807) is 11.3 Å². The summed E-state index contributed by atoms with van der Waals surface area (Å²) < 4.78 is 0.794. The van der Waals surface area contributed by atoms with Crippen LogP contribution >= 0.6 is 22.9 Å². The Morgan fingerprint density at radius 2 is 2.35 bits per heavy atom. The first kappa shape index (κ1) is 14.5. The fourth-order valence-electron chi connectivity index (χ4n) is 1.52. The number of halogens is 1. The van der Waals surface area contributed by atoms with Crippen LogP contribution in [0.25, 0.3) is 0 Å². The Bertz CT molecular complexity index is 354. The highest BCUT2D eigenvalue weighted by atomic mass is 35.5. The molecule has 0 saturated carbocycles. The number of carbonyl (C=O) groups excluding carboxylic acids is 1. The van der Waals surface area contributed by atoms with Gasteiger partial charge in [0.1, 0.15) is 0 Å². The third kappa shape index (κ3) is 5.52. The zero-order chi connectivity index (χ0) is 12.7. The molecular formula is C12H19ClN2OS. The van der Waals surface area contributed by atoms with Gasteiger partial charge in [0.05, 0.1) is 4.34 Å². The molecule has 0 spiro atoms. The van der Waals surface area contributed by atoms with Gasteiger partial charge in [-0.15, -0.1) is 11.3 Å². The van der Waals surface area contributed by atoms with Gasteiger partial charge in [0.15, 0.2) is 0 Å². The lowest BCUT2D eigenvalue weighted by Crippen LogP contribution is -2.31. The predicted molar refractivity (Wildman–Crippen MR) is 73.5 cm³/mol. The second-order valence-corrected chi connectivity index (χ2v) is 5.88. The summed E-state index contributed by atoms with van der Waals surface area (Å²) in [6, 6.07) is 3.88. The Morgan fingerprint density at radius 3 is 2.94 bits per heavy atom. The number of carbonyl (C=O) groups is 1. The van der Waals surface area contributed by atoms with Crippen molar-refractivity contribution in [3.63, 3.8) is 0 Å². The van der Waals surface area contributed by atoms with Gasteiger partial charge in [-0.05, 0) is 37.9 Å². The van der Waals surface area contributed by atoms with Crippen LogP contribution in [-0.4, -0.2) is 19.0 Å². The molecule has 17 heavy (non-hydrogen) atoms. The first-order chi connectivity index (χ1) is 8.13. The summed E-state index contributed by atoms with van der Waals surface area (Å²) >= 11 is 7.39. The normalized spacial score (nSPS) is 12.4. The smallest absolute Gasteiger partial charge is 0.222 e. The highest BCUT2D eigenvalue weighted by Gasteiger charge is 2.11. The van der Waals surface area contributed by atoms with Crippen LogP contribution in [0.1, 0.15) is 24.6 Å². The molecule has 1 atom stereocenters. The summed E-state index contributed by atoms with van der Waals surface area (Å²) in [5, 5.41) is 2.93. The Morgan fingerprint density at radius 1 is 1.59 bits per heavy atom. The molecule has 5 heteroatoms. The van der Waals surface area contributed by atoms with Gasteiger partial charge in [0.2, 0.25) is 5.91 Å². The minimum atomic E-state index is 0.0467. The largest absolute Gasteiger partial charge is 0.356 e. The van der Waals surface area contributed by atoms with Crippen molar-refractivity contribution >= 4 is 28.8 Å². The van der Waals surface area contributed by atoms with Crippen LogP contribution in [0.5, 0.6) is 0 Å². The standard InChI is InChI=1S/C12H19ClN2OS/c1-9(3-2-7-14)12(16)15-8-6-10-4-5-11(13)17-10/h4-5,9H,2-3,6-8,14H2,1H3,(H,15,16). The predicted octanol–water partition coefficient (Wildman–Crippen LogP) is 2.44. The van der Waals surface area contributed by atoms with Crippen LogP contribution in [0, 0.1) is 5.92 Å². The zero-order valence-electron chi connectivity index (χ0n) is 10.0. The van der Waals surface area contributed by atoms with Gasteiger partial charge < -0.3 is 11.1 Å². The second-order valence-electron chi connectivity index (χ2n) is 4.08. The van der Waals surface area contributed by atoms with E-state index in [9.17, 15) is 4.79 Å². The molecule has 3 nitrogen and oxygen atoms in total. The third-order valence-corrected chi connectivity index (χ3v) is 3.88. The van der Waals surface area contributed by atoms with Crippen LogP contribution in [0.15, 0.2) is 12.1 Å². The van der Waals surface area contributed by atoms with Gasteiger partial charge in [0.25, 0.3) is 0 Å². The number of thiophene rings is 1. The molecule has 0 fully saturated rings. The maximum Gasteiger partial charge on any atom is 0.222 e. The van der Waals surface area contributed by atoms with Crippen molar-refractivity contribution in [1.29, 1.82) is 0 Å². The number of hydrogen-bond acceptors (Lipinski definition) is 3. The highest BCUT2D eigenvalue weighted by Crippen LogP contribution is 2.21. The monoisotopic (exact) mass is 274 g/mol. The average molecular weight is 275 g/mol. The quantitative estimate of drug-likeness (QED) is 0.802. The molecule has 3 N–H and O–H groups in total. The molecule has 1 aromatic rings. The summed E-state index contributed by atoms with van der Waals surface area (Å²) in [5.41, 5.74) is 5.41.